The van der Waals surface area contributed by atoms with Crippen molar-refractivity contribution < 1.29 is 24.2 Å². The van der Waals surface area contributed by atoms with Crippen LogP contribution in [0.3, 0.4) is 0 Å². The molecule has 6 heteroatoms. The van der Waals surface area contributed by atoms with Crippen molar-refractivity contribution in [2.75, 3.05) is 0 Å². The van der Waals surface area contributed by atoms with Gasteiger partial charge in [-0.05, 0) is 17.5 Å². The van der Waals surface area contributed by atoms with Gasteiger partial charge >= 0.3 is 5.97 Å². The van der Waals surface area contributed by atoms with E-state index in [0.29, 0.717) is 0 Å². The number of nitrogens with one attached hydrogen (secondary N) is 1. The largest absolute Gasteiger partial charge is 0.508 e. The summed E-state index contributed by atoms with van der Waals surface area (Å²) >= 11 is 0. The van der Waals surface area contributed by atoms with E-state index in [0.717, 1.165) is 12.1 Å². The third-order valence-corrected chi connectivity index (χ3v) is 2.93. The van der Waals surface area contributed by atoms with E-state index in [4.69, 9.17) is 10.2 Å². The van der Waals surface area contributed by atoms with Crippen LogP contribution in [-0.2, 0) is 4.79 Å². The van der Waals surface area contributed by atoms with E-state index in [2.05, 4.69) is 5.32 Å². The number of hydrogen-bond donors (Lipinski definition) is 3. The average Bonchev–Trinajstić information content (AvgIpc) is 2.25. The molecule has 0 aromatic heterocycles. The van der Waals surface area contributed by atoms with Gasteiger partial charge in [-0.1, -0.05) is 20.8 Å². The summed E-state index contributed by atoms with van der Waals surface area (Å²) in [7, 11) is 0. The minimum absolute atomic E-state index is 0.234. The maximum Gasteiger partial charge on any atom is 0.305 e. The van der Waals surface area contributed by atoms with Gasteiger partial charge in [0.05, 0.1) is 12.0 Å². The lowest BCUT2D eigenvalue weighted by Gasteiger charge is -2.30. The first-order valence-corrected chi connectivity index (χ1v) is 6.12. The van der Waals surface area contributed by atoms with Crippen molar-refractivity contribution in [3.63, 3.8) is 0 Å². The Morgan fingerprint density at radius 1 is 1.35 bits per heavy atom. The summed E-state index contributed by atoms with van der Waals surface area (Å²) in [6.07, 6.45) is -0.255. The van der Waals surface area contributed by atoms with Crippen LogP contribution in [0.15, 0.2) is 18.2 Å². The molecule has 0 aliphatic carbocycles. The van der Waals surface area contributed by atoms with Crippen molar-refractivity contribution in [3.8, 4) is 5.75 Å². The van der Waals surface area contributed by atoms with Crippen molar-refractivity contribution in [1.29, 1.82) is 0 Å². The molecule has 20 heavy (non-hydrogen) atoms. The molecule has 0 heterocycles. The van der Waals surface area contributed by atoms with Gasteiger partial charge in [0.1, 0.15) is 11.6 Å². The molecule has 0 radical (unpaired) electrons. The van der Waals surface area contributed by atoms with Crippen LogP contribution in [0.25, 0.3) is 0 Å². The lowest BCUT2D eigenvalue weighted by Crippen LogP contribution is -2.45. The van der Waals surface area contributed by atoms with Gasteiger partial charge in [-0.3, -0.25) is 9.59 Å². The Hall–Kier alpha value is -2.11. The number of amides is 1. The molecule has 5 nitrogen and oxygen atoms in total. The molecule has 0 bridgehead atoms. The first kappa shape index (κ1) is 15.9. The summed E-state index contributed by atoms with van der Waals surface area (Å²) in [6, 6.07) is 2.54. The van der Waals surface area contributed by atoms with E-state index in [1.54, 1.807) is 20.8 Å². The number of phenols is 1. The lowest BCUT2D eigenvalue weighted by atomic mass is 9.84. The number of carbonyl (C=O) groups excluding carboxylic acids is 1. The second-order valence-electron chi connectivity index (χ2n) is 5.65. The van der Waals surface area contributed by atoms with E-state index in [1.807, 2.05) is 0 Å². The fourth-order valence-corrected chi connectivity index (χ4v) is 1.67. The summed E-state index contributed by atoms with van der Waals surface area (Å²) < 4.78 is 13.6. The van der Waals surface area contributed by atoms with Gasteiger partial charge in [-0.15, -0.1) is 0 Å². The molecule has 0 saturated carbocycles. The summed E-state index contributed by atoms with van der Waals surface area (Å²) in [4.78, 5) is 22.8. The maximum atomic E-state index is 13.6. The zero-order valence-corrected chi connectivity index (χ0v) is 11.6. The Morgan fingerprint density at radius 2 is 1.95 bits per heavy atom. The fraction of sp³-hybridized carbons (Fsp3) is 0.429. The zero-order chi connectivity index (χ0) is 15.5. The van der Waals surface area contributed by atoms with E-state index in [1.165, 1.54) is 6.07 Å². The average molecular weight is 283 g/mol. The number of aromatic hydroxyl groups is 1. The molecule has 0 fully saturated rings. The molecule has 0 saturated heterocycles. The van der Waals surface area contributed by atoms with Gasteiger partial charge in [0.15, 0.2) is 0 Å². The van der Waals surface area contributed by atoms with E-state index in [-0.39, 0.29) is 17.7 Å². The minimum Gasteiger partial charge on any atom is -0.508 e. The molecule has 1 rings (SSSR count). The van der Waals surface area contributed by atoms with Crippen LogP contribution in [0, 0.1) is 11.2 Å². The second kappa shape index (κ2) is 5.90. The number of rotatable bonds is 4. The standard InChI is InChI=1S/C14H18FNO4/c1-14(2,3)11(7-12(18)19)16-13(20)9-5-4-8(17)6-10(9)15/h4-6,11,17H,7H2,1-3H3,(H,16,20)(H,18,19). The Balaban J connectivity index is 2.93. The predicted molar refractivity (Wildman–Crippen MR) is 71.0 cm³/mol. The molecular weight excluding hydrogens is 265 g/mol. The molecule has 0 aliphatic heterocycles. The first-order valence-electron chi connectivity index (χ1n) is 6.12. The molecule has 1 amide bonds. The van der Waals surface area contributed by atoms with E-state index in [9.17, 15) is 14.0 Å². The highest BCUT2D eigenvalue weighted by Crippen LogP contribution is 2.23. The van der Waals surface area contributed by atoms with Crippen molar-refractivity contribution in [1.82, 2.24) is 5.32 Å². The van der Waals surface area contributed by atoms with Crippen LogP contribution in [0.2, 0.25) is 0 Å². The Labute approximate surface area is 116 Å². The number of hydrogen-bond acceptors (Lipinski definition) is 3. The predicted octanol–water partition coefficient (Wildman–Crippen LogP) is 2.15. The number of phenolic OH excluding ortho intramolecular Hbond substituents is 1. The monoisotopic (exact) mass is 283 g/mol. The van der Waals surface area contributed by atoms with Crippen LogP contribution in [-0.4, -0.2) is 28.1 Å². The maximum absolute atomic E-state index is 13.6. The van der Waals surface area contributed by atoms with Crippen molar-refractivity contribution in [3.05, 3.63) is 29.6 Å². The van der Waals surface area contributed by atoms with Crippen LogP contribution in [0.5, 0.6) is 5.75 Å². The Kier molecular flexibility index (Phi) is 4.70. The summed E-state index contributed by atoms with van der Waals surface area (Å²) in [5, 5.41) is 20.5. The second-order valence-corrected chi connectivity index (χ2v) is 5.65. The first-order chi connectivity index (χ1) is 9.11. The van der Waals surface area contributed by atoms with Crippen molar-refractivity contribution >= 4 is 11.9 Å². The van der Waals surface area contributed by atoms with Gasteiger partial charge in [0, 0.05) is 12.1 Å². The molecule has 1 aromatic rings. The lowest BCUT2D eigenvalue weighted by molar-refractivity contribution is -0.138. The van der Waals surface area contributed by atoms with Gasteiger partial charge < -0.3 is 15.5 Å². The SMILES string of the molecule is CC(C)(C)C(CC(=O)O)NC(=O)c1ccc(O)cc1F. The molecule has 1 unspecified atom stereocenters. The Bertz CT molecular complexity index is 522. The van der Waals surface area contributed by atoms with Crippen LogP contribution >= 0.6 is 0 Å². The summed E-state index contributed by atoms with van der Waals surface area (Å²) in [5.74, 6) is -2.89. The summed E-state index contributed by atoms with van der Waals surface area (Å²) in [5.41, 5.74) is -0.719. The number of aliphatic carboxylic acids is 1. The number of halogens is 1. The normalized spacial score (nSPS) is 12.8. The summed E-state index contributed by atoms with van der Waals surface area (Å²) in [6.45, 7) is 5.36. The van der Waals surface area contributed by atoms with Gasteiger partial charge in [-0.2, -0.15) is 0 Å². The fourth-order valence-electron chi connectivity index (χ4n) is 1.67. The highest BCUT2D eigenvalue weighted by atomic mass is 19.1. The topological polar surface area (TPSA) is 86.6 Å². The third kappa shape index (κ3) is 4.22. The zero-order valence-electron chi connectivity index (χ0n) is 11.6. The molecule has 110 valence electrons. The van der Waals surface area contributed by atoms with Crippen molar-refractivity contribution in [2.24, 2.45) is 5.41 Å². The van der Waals surface area contributed by atoms with E-state index >= 15 is 0 Å². The van der Waals surface area contributed by atoms with Gasteiger partial charge in [0.25, 0.3) is 5.91 Å². The van der Waals surface area contributed by atoms with Crippen molar-refractivity contribution in [2.45, 2.75) is 33.2 Å². The number of carboxylic acids is 1. The number of benzene rings is 1. The Morgan fingerprint density at radius 3 is 2.40 bits per heavy atom. The minimum atomic E-state index is -1.04. The smallest absolute Gasteiger partial charge is 0.305 e. The molecule has 0 spiro atoms. The molecule has 1 aromatic carbocycles. The molecular formula is C14H18FNO4. The quantitative estimate of drug-likeness (QED) is 0.790. The highest BCUT2D eigenvalue weighted by molar-refractivity contribution is 5.95. The molecule has 1 atom stereocenters. The van der Waals surface area contributed by atoms with E-state index < -0.39 is 29.2 Å². The van der Waals surface area contributed by atoms with Gasteiger partial charge in [0.2, 0.25) is 0 Å². The van der Waals surface area contributed by atoms with Crippen LogP contribution < -0.4 is 5.32 Å². The number of carbonyl (C=O) groups is 2. The number of carboxylic acid groups (broad SMARTS) is 1. The molecule has 3 N–H and O–H groups in total. The third-order valence-electron chi connectivity index (χ3n) is 2.93. The van der Waals surface area contributed by atoms with Crippen LogP contribution in [0.4, 0.5) is 4.39 Å². The highest BCUT2D eigenvalue weighted by Gasteiger charge is 2.29. The van der Waals surface area contributed by atoms with Gasteiger partial charge in [-0.25, -0.2) is 4.39 Å². The van der Waals surface area contributed by atoms with Crippen LogP contribution in [0.1, 0.15) is 37.6 Å². The molecule has 0 aliphatic rings.